The third-order valence-electron chi connectivity index (χ3n) is 5.58. The number of aliphatic hydroxyl groups excluding tert-OH is 1. The average molecular weight is 460 g/mol. The number of nitrogens with one attached hydrogen (secondary N) is 2. The minimum atomic E-state index is -0.255. The Labute approximate surface area is 196 Å². The van der Waals surface area contributed by atoms with Gasteiger partial charge in [0.05, 0.1) is 30.5 Å². The zero-order valence-electron chi connectivity index (χ0n) is 19.1. The van der Waals surface area contributed by atoms with Crippen molar-refractivity contribution in [1.82, 2.24) is 34.7 Å². The number of nitrogens with zero attached hydrogens (tertiary/aromatic N) is 7. The van der Waals surface area contributed by atoms with Crippen LogP contribution in [0.4, 0.5) is 23.1 Å². The SMILES string of the molecule is COc1c(Nc2cc(Nc3cc(C)nc(C)n3)ncn2)cccc1-c1ncn(C2CC(O)C2)n1. The molecule has 11 nitrogen and oxygen atoms in total. The summed E-state index contributed by atoms with van der Waals surface area (Å²) in [4.78, 5) is 21.8. The molecule has 0 bridgehead atoms. The zero-order chi connectivity index (χ0) is 23.7. The van der Waals surface area contributed by atoms with Gasteiger partial charge in [-0.15, -0.1) is 0 Å². The molecule has 34 heavy (non-hydrogen) atoms. The van der Waals surface area contributed by atoms with Crippen LogP contribution in [0.5, 0.6) is 5.75 Å². The number of para-hydroxylation sites is 1. The number of anilines is 4. The fraction of sp³-hybridized carbons (Fsp3) is 0.304. The highest BCUT2D eigenvalue weighted by atomic mass is 16.5. The molecule has 0 saturated heterocycles. The number of benzene rings is 1. The van der Waals surface area contributed by atoms with Crippen molar-refractivity contribution in [2.24, 2.45) is 0 Å². The van der Waals surface area contributed by atoms with E-state index in [2.05, 4.69) is 40.7 Å². The summed E-state index contributed by atoms with van der Waals surface area (Å²) in [6, 6.07) is 9.53. The number of rotatable bonds is 7. The van der Waals surface area contributed by atoms with Gasteiger partial charge < -0.3 is 20.5 Å². The Kier molecular flexibility index (Phi) is 5.76. The Bertz CT molecular complexity index is 1300. The van der Waals surface area contributed by atoms with Gasteiger partial charge >= 0.3 is 0 Å². The van der Waals surface area contributed by atoms with Crippen LogP contribution in [0.1, 0.15) is 30.4 Å². The lowest BCUT2D eigenvalue weighted by Crippen LogP contribution is -2.31. The largest absolute Gasteiger partial charge is 0.494 e. The van der Waals surface area contributed by atoms with Crippen molar-refractivity contribution in [2.45, 2.75) is 38.8 Å². The van der Waals surface area contributed by atoms with E-state index in [4.69, 9.17) is 4.74 Å². The highest BCUT2D eigenvalue weighted by Crippen LogP contribution is 2.37. The smallest absolute Gasteiger partial charge is 0.184 e. The van der Waals surface area contributed by atoms with E-state index in [1.165, 1.54) is 6.33 Å². The lowest BCUT2D eigenvalue weighted by Gasteiger charge is -2.30. The van der Waals surface area contributed by atoms with Crippen molar-refractivity contribution in [3.8, 4) is 17.1 Å². The van der Waals surface area contributed by atoms with Crippen LogP contribution >= 0.6 is 0 Å². The van der Waals surface area contributed by atoms with E-state index in [0.717, 1.165) is 11.3 Å². The fourth-order valence-electron chi connectivity index (χ4n) is 3.92. The Balaban J connectivity index is 1.38. The lowest BCUT2D eigenvalue weighted by molar-refractivity contribution is 0.0433. The number of methoxy groups -OCH3 is 1. The molecule has 0 atom stereocenters. The van der Waals surface area contributed by atoms with Gasteiger partial charge in [0.25, 0.3) is 0 Å². The van der Waals surface area contributed by atoms with Crippen LogP contribution in [0.3, 0.4) is 0 Å². The molecule has 4 aromatic rings. The normalized spacial score (nSPS) is 17.2. The molecule has 1 saturated carbocycles. The number of aryl methyl sites for hydroxylation is 2. The Morgan fingerprint density at radius 3 is 2.53 bits per heavy atom. The molecule has 5 rings (SSSR count). The Morgan fingerprint density at radius 1 is 1.00 bits per heavy atom. The van der Waals surface area contributed by atoms with Crippen molar-refractivity contribution in [3.05, 3.63) is 54.5 Å². The van der Waals surface area contributed by atoms with Gasteiger partial charge in [-0.05, 0) is 38.8 Å². The molecule has 3 aromatic heterocycles. The number of aliphatic hydroxyl groups is 1. The summed E-state index contributed by atoms with van der Waals surface area (Å²) >= 11 is 0. The summed E-state index contributed by atoms with van der Waals surface area (Å²) in [6.07, 6.45) is 4.30. The molecular weight excluding hydrogens is 434 g/mol. The fourth-order valence-corrected chi connectivity index (χ4v) is 3.92. The molecule has 174 valence electrons. The molecule has 3 heterocycles. The van der Waals surface area contributed by atoms with Crippen LogP contribution in [-0.4, -0.2) is 53.0 Å². The predicted octanol–water partition coefficient (Wildman–Crippen LogP) is 3.33. The van der Waals surface area contributed by atoms with E-state index in [9.17, 15) is 5.11 Å². The molecule has 0 amide bonds. The van der Waals surface area contributed by atoms with Crippen LogP contribution in [-0.2, 0) is 0 Å². The maximum Gasteiger partial charge on any atom is 0.184 e. The maximum absolute atomic E-state index is 9.58. The topological polar surface area (TPSA) is 136 Å². The number of ether oxygens (including phenoxy) is 1. The summed E-state index contributed by atoms with van der Waals surface area (Å²) in [6.45, 7) is 3.76. The molecular formula is C23H25N9O2. The number of hydrogen-bond donors (Lipinski definition) is 3. The lowest BCUT2D eigenvalue weighted by atomic mass is 9.90. The van der Waals surface area contributed by atoms with Crippen molar-refractivity contribution in [3.63, 3.8) is 0 Å². The van der Waals surface area contributed by atoms with Crippen LogP contribution in [0.2, 0.25) is 0 Å². The second-order valence-electron chi connectivity index (χ2n) is 8.19. The molecule has 0 unspecified atom stereocenters. The van der Waals surface area contributed by atoms with E-state index >= 15 is 0 Å². The summed E-state index contributed by atoms with van der Waals surface area (Å²) in [5.74, 6) is 3.67. The molecule has 1 aromatic carbocycles. The van der Waals surface area contributed by atoms with Gasteiger partial charge in [0.2, 0.25) is 0 Å². The number of aromatic nitrogens is 7. The van der Waals surface area contributed by atoms with E-state index < -0.39 is 0 Å². The Hall–Kier alpha value is -4.12. The second kappa shape index (κ2) is 9.02. The van der Waals surface area contributed by atoms with Crippen molar-refractivity contribution in [2.75, 3.05) is 17.7 Å². The zero-order valence-corrected chi connectivity index (χ0v) is 19.1. The van der Waals surface area contributed by atoms with Gasteiger partial charge in [-0.2, -0.15) is 5.10 Å². The minimum absolute atomic E-state index is 0.179. The van der Waals surface area contributed by atoms with Crippen molar-refractivity contribution >= 4 is 23.1 Å². The molecule has 3 N–H and O–H groups in total. The molecule has 0 aliphatic heterocycles. The highest BCUT2D eigenvalue weighted by molar-refractivity contribution is 5.77. The summed E-state index contributed by atoms with van der Waals surface area (Å²) in [5, 5.41) is 20.7. The summed E-state index contributed by atoms with van der Waals surface area (Å²) < 4.78 is 7.52. The van der Waals surface area contributed by atoms with Gasteiger partial charge in [-0.1, -0.05) is 6.07 Å². The van der Waals surface area contributed by atoms with E-state index in [-0.39, 0.29) is 12.1 Å². The van der Waals surface area contributed by atoms with Crippen LogP contribution in [0.15, 0.2) is 43.0 Å². The van der Waals surface area contributed by atoms with E-state index in [1.54, 1.807) is 24.2 Å². The quantitative estimate of drug-likeness (QED) is 0.377. The first-order chi connectivity index (χ1) is 16.5. The molecule has 11 heteroatoms. The highest BCUT2D eigenvalue weighted by Gasteiger charge is 2.30. The predicted molar refractivity (Wildman–Crippen MR) is 126 cm³/mol. The van der Waals surface area contributed by atoms with Crippen molar-refractivity contribution in [1.29, 1.82) is 0 Å². The molecule has 0 spiro atoms. The van der Waals surface area contributed by atoms with Crippen LogP contribution < -0.4 is 15.4 Å². The van der Waals surface area contributed by atoms with E-state index in [0.29, 0.717) is 53.4 Å². The standard InChI is InChI=1S/C23H25N9O2/c1-13-7-21(28-14(2)27-13)30-20-10-19(24-11-25-20)29-18-6-4-5-17(22(18)34-3)23-26-12-32(31-23)15-8-16(33)9-15/h4-7,10-12,15-16,33H,8-9H2,1-3H3,(H2,24,25,27,28,29,30). The Morgan fingerprint density at radius 2 is 1.79 bits per heavy atom. The minimum Gasteiger partial charge on any atom is -0.494 e. The van der Waals surface area contributed by atoms with Gasteiger partial charge in [0.1, 0.15) is 35.9 Å². The van der Waals surface area contributed by atoms with Crippen LogP contribution in [0, 0.1) is 13.8 Å². The third kappa shape index (κ3) is 4.50. The average Bonchev–Trinajstić information content (AvgIpc) is 3.26. The van der Waals surface area contributed by atoms with Gasteiger partial charge in [0.15, 0.2) is 11.6 Å². The number of hydrogen-bond acceptors (Lipinski definition) is 10. The first kappa shape index (κ1) is 21.7. The summed E-state index contributed by atoms with van der Waals surface area (Å²) in [7, 11) is 1.61. The monoisotopic (exact) mass is 459 g/mol. The van der Waals surface area contributed by atoms with Crippen molar-refractivity contribution < 1.29 is 9.84 Å². The molecule has 1 aliphatic carbocycles. The van der Waals surface area contributed by atoms with Gasteiger partial charge in [0, 0.05) is 17.8 Å². The first-order valence-electron chi connectivity index (χ1n) is 10.9. The van der Waals surface area contributed by atoms with Gasteiger partial charge in [-0.25, -0.2) is 29.6 Å². The maximum atomic E-state index is 9.58. The third-order valence-corrected chi connectivity index (χ3v) is 5.58. The molecule has 1 aliphatic rings. The van der Waals surface area contributed by atoms with Gasteiger partial charge in [-0.3, -0.25) is 0 Å². The second-order valence-corrected chi connectivity index (χ2v) is 8.19. The summed E-state index contributed by atoms with van der Waals surface area (Å²) in [5.41, 5.74) is 2.34. The molecule has 0 radical (unpaired) electrons. The van der Waals surface area contributed by atoms with E-state index in [1.807, 2.05) is 38.1 Å². The van der Waals surface area contributed by atoms with Crippen LogP contribution in [0.25, 0.3) is 11.4 Å². The molecule has 1 fully saturated rings. The first-order valence-corrected chi connectivity index (χ1v) is 10.9.